The van der Waals surface area contributed by atoms with Gasteiger partial charge in [-0.25, -0.2) is 14.4 Å². The minimum Gasteiger partial charge on any atom is -0.381 e. The first-order valence-electron chi connectivity index (χ1n) is 12.0. The second-order valence-corrected chi connectivity index (χ2v) is 9.59. The van der Waals surface area contributed by atoms with Crippen LogP contribution in [0, 0.1) is 5.82 Å². The van der Waals surface area contributed by atoms with Gasteiger partial charge in [-0.15, -0.1) is 0 Å². The highest BCUT2D eigenvalue weighted by Gasteiger charge is 2.24. The van der Waals surface area contributed by atoms with Crippen molar-refractivity contribution in [1.29, 1.82) is 0 Å². The minimum atomic E-state index is -0.284. The molecule has 0 spiro atoms. The van der Waals surface area contributed by atoms with Crippen LogP contribution in [0.4, 0.5) is 15.9 Å². The van der Waals surface area contributed by atoms with E-state index in [2.05, 4.69) is 58.9 Å². The van der Waals surface area contributed by atoms with Crippen LogP contribution >= 0.6 is 0 Å². The standard InChI is InChI=1S/C27H29FN6O/c1-33(2)15-24-19(17-8-10-35-16-17)4-6-26(32-24)31-23-5-3-20(21-12-29-13-22(21)23)25-14-30-27-11-18(28)7-9-34(25)27/h3-7,9,11,14,17,29H,8,10,12-13,15-16H2,1-2H3,(H,31,32)/t17-/m0/s1. The molecule has 2 N–H and O–H groups in total. The number of nitrogens with zero attached hydrogens (tertiary/aromatic N) is 4. The van der Waals surface area contributed by atoms with E-state index in [1.165, 1.54) is 28.8 Å². The van der Waals surface area contributed by atoms with Gasteiger partial charge in [0.15, 0.2) is 0 Å². The van der Waals surface area contributed by atoms with Crippen LogP contribution in [0.5, 0.6) is 0 Å². The van der Waals surface area contributed by atoms with Crippen LogP contribution in [-0.4, -0.2) is 46.6 Å². The first-order chi connectivity index (χ1) is 17.1. The third-order valence-corrected chi connectivity index (χ3v) is 6.89. The molecule has 35 heavy (non-hydrogen) atoms. The molecular formula is C27H29FN6O. The molecule has 1 fully saturated rings. The van der Waals surface area contributed by atoms with Crippen molar-refractivity contribution in [3.8, 4) is 11.3 Å². The predicted octanol–water partition coefficient (Wildman–Crippen LogP) is 4.45. The maximum atomic E-state index is 13.7. The maximum Gasteiger partial charge on any atom is 0.140 e. The summed E-state index contributed by atoms with van der Waals surface area (Å²) in [5.41, 5.74) is 8.56. The lowest BCUT2D eigenvalue weighted by molar-refractivity contribution is 0.193. The smallest absolute Gasteiger partial charge is 0.140 e. The number of imidazole rings is 1. The second kappa shape index (κ2) is 9.03. The van der Waals surface area contributed by atoms with Gasteiger partial charge in [0.25, 0.3) is 0 Å². The molecule has 4 aromatic rings. The summed E-state index contributed by atoms with van der Waals surface area (Å²) in [5, 5.41) is 7.07. The zero-order valence-electron chi connectivity index (χ0n) is 20.0. The van der Waals surface area contributed by atoms with E-state index in [-0.39, 0.29) is 5.82 Å². The van der Waals surface area contributed by atoms with E-state index >= 15 is 0 Å². The van der Waals surface area contributed by atoms with Crippen LogP contribution in [0.25, 0.3) is 16.9 Å². The van der Waals surface area contributed by atoms with E-state index in [1.54, 1.807) is 6.20 Å². The molecule has 1 saturated heterocycles. The first-order valence-corrected chi connectivity index (χ1v) is 12.0. The number of hydrogen-bond acceptors (Lipinski definition) is 6. The van der Waals surface area contributed by atoms with Crippen molar-refractivity contribution in [2.45, 2.75) is 32.0 Å². The summed E-state index contributed by atoms with van der Waals surface area (Å²) in [6.07, 6.45) is 4.60. The largest absolute Gasteiger partial charge is 0.381 e. The van der Waals surface area contributed by atoms with Gasteiger partial charge in [0.2, 0.25) is 0 Å². The molecule has 0 saturated carbocycles. The Hall–Kier alpha value is -3.33. The molecule has 1 atom stereocenters. The van der Waals surface area contributed by atoms with E-state index in [9.17, 15) is 4.39 Å². The van der Waals surface area contributed by atoms with E-state index in [0.29, 0.717) is 11.6 Å². The molecule has 0 amide bonds. The fourth-order valence-corrected chi connectivity index (χ4v) is 5.22. The number of hydrogen-bond donors (Lipinski definition) is 2. The predicted molar refractivity (Wildman–Crippen MR) is 134 cm³/mol. The lowest BCUT2D eigenvalue weighted by Gasteiger charge is -2.19. The van der Waals surface area contributed by atoms with E-state index in [0.717, 1.165) is 67.7 Å². The summed E-state index contributed by atoms with van der Waals surface area (Å²) in [5.74, 6) is 0.975. The highest BCUT2D eigenvalue weighted by Crippen LogP contribution is 2.36. The Morgan fingerprint density at radius 1 is 1.17 bits per heavy atom. The minimum absolute atomic E-state index is 0.284. The zero-order chi connectivity index (χ0) is 23.9. The molecule has 0 bridgehead atoms. The summed E-state index contributed by atoms with van der Waals surface area (Å²) >= 11 is 0. The van der Waals surface area contributed by atoms with Gasteiger partial charge in [0.05, 0.1) is 24.2 Å². The van der Waals surface area contributed by atoms with Gasteiger partial charge in [-0.05, 0) is 55.4 Å². The number of nitrogens with one attached hydrogen (secondary N) is 2. The number of aromatic nitrogens is 3. The first kappa shape index (κ1) is 22.2. The van der Waals surface area contributed by atoms with Gasteiger partial charge in [0, 0.05) is 55.7 Å². The Labute approximate surface area is 204 Å². The summed E-state index contributed by atoms with van der Waals surface area (Å²) in [4.78, 5) is 11.6. The molecule has 5 heterocycles. The van der Waals surface area contributed by atoms with Gasteiger partial charge < -0.3 is 20.3 Å². The normalized spacial score (nSPS) is 17.4. The van der Waals surface area contributed by atoms with Gasteiger partial charge in [-0.2, -0.15) is 0 Å². The van der Waals surface area contributed by atoms with Gasteiger partial charge in [-0.1, -0.05) is 12.1 Å². The van der Waals surface area contributed by atoms with Crippen LogP contribution in [0.3, 0.4) is 0 Å². The third kappa shape index (κ3) is 4.18. The topological polar surface area (TPSA) is 66.7 Å². The number of ether oxygens (including phenoxy) is 1. The van der Waals surface area contributed by atoms with E-state index < -0.39 is 0 Å². The maximum absolute atomic E-state index is 13.7. The van der Waals surface area contributed by atoms with Crippen LogP contribution in [0.15, 0.2) is 48.8 Å². The number of pyridine rings is 2. The molecule has 3 aromatic heterocycles. The lowest BCUT2D eigenvalue weighted by Crippen LogP contribution is -2.16. The molecule has 1 aromatic carbocycles. The summed E-state index contributed by atoms with van der Waals surface area (Å²) in [6.45, 7) is 3.92. The third-order valence-electron chi connectivity index (χ3n) is 6.89. The average Bonchev–Trinajstić information content (AvgIpc) is 3.60. The fourth-order valence-electron chi connectivity index (χ4n) is 5.22. The quantitative estimate of drug-likeness (QED) is 0.432. The number of halogens is 1. The summed E-state index contributed by atoms with van der Waals surface area (Å²) in [7, 11) is 4.14. The summed E-state index contributed by atoms with van der Waals surface area (Å²) in [6, 6.07) is 11.4. The molecule has 180 valence electrons. The Morgan fingerprint density at radius 3 is 2.89 bits per heavy atom. The Morgan fingerprint density at radius 2 is 2.06 bits per heavy atom. The van der Waals surface area contributed by atoms with Crippen molar-refractivity contribution < 1.29 is 9.13 Å². The number of benzene rings is 1. The molecule has 0 unspecified atom stereocenters. The fraction of sp³-hybridized carbons (Fsp3) is 0.333. The molecular weight excluding hydrogens is 443 g/mol. The average molecular weight is 473 g/mol. The molecule has 0 radical (unpaired) electrons. The second-order valence-electron chi connectivity index (χ2n) is 9.59. The van der Waals surface area contributed by atoms with Crippen molar-refractivity contribution in [2.75, 3.05) is 32.6 Å². The molecule has 0 aliphatic carbocycles. The number of rotatable bonds is 6. The van der Waals surface area contributed by atoms with Crippen molar-refractivity contribution in [3.05, 3.63) is 77.0 Å². The van der Waals surface area contributed by atoms with Crippen molar-refractivity contribution in [3.63, 3.8) is 0 Å². The highest BCUT2D eigenvalue weighted by atomic mass is 19.1. The number of anilines is 2. The van der Waals surface area contributed by atoms with Crippen LogP contribution in [-0.2, 0) is 24.4 Å². The molecule has 2 aliphatic rings. The van der Waals surface area contributed by atoms with E-state index in [4.69, 9.17) is 9.72 Å². The van der Waals surface area contributed by atoms with Gasteiger partial charge in [-0.3, -0.25) is 4.40 Å². The van der Waals surface area contributed by atoms with Crippen LogP contribution in [0.1, 0.15) is 34.7 Å². The van der Waals surface area contributed by atoms with Crippen molar-refractivity contribution in [1.82, 2.24) is 24.6 Å². The van der Waals surface area contributed by atoms with Gasteiger partial charge >= 0.3 is 0 Å². The lowest BCUT2D eigenvalue weighted by atomic mass is 9.96. The molecule has 8 heteroatoms. The Bertz CT molecular complexity index is 1390. The molecule has 7 nitrogen and oxygen atoms in total. The van der Waals surface area contributed by atoms with Crippen LogP contribution < -0.4 is 10.6 Å². The number of fused-ring (bicyclic) bond motifs is 2. The highest BCUT2D eigenvalue weighted by molar-refractivity contribution is 5.75. The van der Waals surface area contributed by atoms with Crippen molar-refractivity contribution in [2.24, 2.45) is 0 Å². The Balaban J connectivity index is 1.35. The molecule has 2 aliphatic heterocycles. The Kier molecular flexibility index (Phi) is 5.72. The van der Waals surface area contributed by atoms with E-state index in [1.807, 2.05) is 10.6 Å². The van der Waals surface area contributed by atoms with Crippen molar-refractivity contribution >= 4 is 17.2 Å². The molecule has 6 rings (SSSR count). The summed E-state index contributed by atoms with van der Waals surface area (Å²) < 4.78 is 21.2. The zero-order valence-corrected chi connectivity index (χ0v) is 20.0. The van der Waals surface area contributed by atoms with Gasteiger partial charge in [0.1, 0.15) is 17.3 Å². The SMILES string of the molecule is CN(C)Cc1nc(Nc2ccc(-c3cnc4cc(F)ccn34)c3c2CNC3)ccc1[C@H]1CCOC1. The monoisotopic (exact) mass is 472 g/mol. The van der Waals surface area contributed by atoms with Crippen LogP contribution in [0.2, 0.25) is 0 Å².